The lowest BCUT2D eigenvalue weighted by Gasteiger charge is -2.32. The van der Waals surface area contributed by atoms with Gasteiger partial charge in [0, 0.05) is 26.1 Å². The van der Waals surface area contributed by atoms with E-state index in [-0.39, 0.29) is 24.0 Å². The number of nitrogens with zero attached hydrogens (tertiary/aromatic N) is 2. The number of rotatable bonds is 9. The minimum atomic E-state index is -4.10. The third kappa shape index (κ3) is 10.5. The van der Waals surface area contributed by atoms with Gasteiger partial charge in [0.05, 0.1) is 12.8 Å². The summed E-state index contributed by atoms with van der Waals surface area (Å²) in [7, 11) is 0. The van der Waals surface area contributed by atoms with E-state index in [1.165, 1.54) is 4.90 Å². The zero-order valence-corrected chi connectivity index (χ0v) is 18.8. The van der Waals surface area contributed by atoms with Gasteiger partial charge in [0.1, 0.15) is 5.76 Å². The average molecular weight is 516 g/mol. The van der Waals surface area contributed by atoms with Crippen LogP contribution in [0.5, 0.6) is 0 Å². The topological polar surface area (TPSA) is 52.8 Å². The minimum Gasteiger partial charge on any atom is -0.469 e. The molecular formula is C19H32F3IN4O. The van der Waals surface area contributed by atoms with Crippen LogP contribution in [0.4, 0.5) is 13.2 Å². The van der Waals surface area contributed by atoms with Crippen molar-refractivity contribution in [1.82, 2.24) is 15.5 Å². The summed E-state index contributed by atoms with van der Waals surface area (Å²) in [6.07, 6.45) is 1.93. The molecule has 0 unspecified atom stereocenters. The van der Waals surface area contributed by atoms with Crippen molar-refractivity contribution >= 4 is 29.9 Å². The number of guanidine groups is 1. The van der Waals surface area contributed by atoms with E-state index in [4.69, 9.17) is 4.42 Å². The highest BCUT2D eigenvalue weighted by Crippen LogP contribution is 2.23. The van der Waals surface area contributed by atoms with Crippen molar-refractivity contribution < 1.29 is 17.6 Å². The molecule has 5 nitrogen and oxygen atoms in total. The van der Waals surface area contributed by atoms with Crippen molar-refractivity contribution in [2.75, 3.05) is 39.3 Å². The fourth-order valence-corrected chi connectivity index (χ4v) is 3.24. The van der Waals surface area contributed by atoms with Gasteiger partial charge in [-0.05, 0) is 56.8 Å². The van der Waals surface area contributed by atoms with Gasteiger partial charge < -0.3 is 15.1 Å². The van der Waals surface area contributed by atoms with E-state index < -0.39 is 12.7 Å². The first kappa shape index (κ1) is 25.1. The summed E-state index contributed by atoms with van der Waals surface area (Å²) >= 11 is 0. The highest BCUT2D eigenvalue weighted by atomic mass is 127. The van der Waals surface area contributed by atoms with Crippen LogP contribution in [0.25, 0.3) is 0 Å². The Labute approximate surface area is 182 Å². The van der Waals surface area contributed by atoms with Crippen LogP contribution in [0.3, 0.4) is 0 Å². The van der Waals surface area contributed by atoms with Crippen molar-refractivity contribution in [3.05, 3.63) is 24.2 Å². The molecule has 1 saturated heterocycles. The number of furan rings is 1. The SMILES string of the molecule is CCCN=C(NCCc1ccco1)NCCC1CCN(CC(F)(F)F)CC1.I. The zero-order chi connectivity index (χ0) is 19.5. The molecule has 0 bridgehead atoms. The second-order valence-electron chi connectivity index (χ2n) is 7.04. The van der Waals surface area contributed by atoms with Crippen molar-refractivity contribution in [3.8, 4) is 0 Å². The maximum absolute atomic E-state index is 12.4. The Kier molecular flexibility index (Phi) is 11.9. The Morgan fingerprint density at radius 1 is 1.25 bits per heavy atom. The van der Waals surface area contributed by atoms with Crippen LogP contribution >= 0.6 is 24.0 Å². The summed E-state index contributed by atoms with van der Waals surface area (Å²) in [5.74, 6) is 2.19. The van der Waals surface area contributed by atoms with Crippen molar-refractivity contribution in [1.29, 1.82) is 0 Å². The Bertz CT molecular complexity index is 544. The molecule has 28 heavy (non-hydrogen) atoms. The number of likely N-dealkylation sites (tertiary alicyclic amines) is 1. The fraction of sp³-hybridized carbons (Fsp3) is 0.737. The molecule has 1 aliphatic rings. The van der Waals surface area contributed by atoms with E-state index in [9.17, 15) is 13.2 Å². The van der Waals surface area contributed by atoms with E-state index in [1.807, 2.05) is 12.1 Å². The van der Waals surface area contributed by atoms with Gasteiger partial charge in [-0.15, -0.1) is 24.0 Å². The number of hydrogen-bond acceptors (Lipinski definition) is 3. The molecular weight excluding hydrogens is 484 g/mol. The van der Waals surface area contributed by atoms with Gasteiger partial charge in [0.25, 0.3) is 0 Å². The molecule has 0 spiro atoms. The molecule has 1 fully saturated rings. The number of hydrogen-bond donors (Lipinski definition) is 2. The minimum absolute atomic E-state index is 0. The molecule has 9 heteroatoms. The first-order valence-corrected chi connectivity index (χ1v) is 9.80. The smallest absolute Gasteiger partial charge is 0.401 e. The fourth-order valence-electron chi connectivity index (χ4n) is 3.24. The standard InChI is InChI=1S/C19H31F3N4O.HI/c1-2-9-23-18(25-11-6-17-4-3-14-27-17)24-10-5-16-7-12-26(13-8-16)15-19(20,21)22;/h3-4,14,16H,2,5-13,15H2,1H3,(H2,23,24,25);1H. The summed E-state index contributed by atoms with van der Waals surface area (Å²) in [5, 5.41) is 6.66. The van der Waals surface area contributed by atoms with Crippen LogP contribution in [0.15, 0.2) is 27.8 Å². The molecule has 2 N–H and O–H groups in total. The number of halogens is 4. The Balaban J connectivity index is 0.00000392. The maximum atomic E-state index is 12.4. The van der Waals surface area contributed by atoms with Gasteiger partial charge >= 0.3 is 6.18 Å². The van der Waals surface area contributed by atoms with Gasteiger partial charge in [0.15, 0.2) is 5.96 Å². The average Bonchev–Trinajstić information content (AvgIpc) is 3.13. The van der Waals surface area contributed by atoms with Crippen molar-refractivity contribution in [3.63, 3.8) is 0 Å². The third-order valence-corrected chi connectivity index (χ3v) is 4.69. The molecule has 0 atom stereocenters. The van der Waals surface area contributed by atoms with Gasteiger partial charge in [-0.25, -0.2) is 0 Å². The predicted octanol–water partition coefficient (Wildman–Crippen LogP) is 4.05. The van der Waals surface area contributed by atoms with Crippen LogP contribution in [-0.2, 0) is 6.42 Å². The molecule has 2 rings (SSSR count). The predicted molar refractivity (Wildman–Crippen MR) is 116 cm³/mol. The summed E-state index contributed by atoms with van der Waals surface area (Å²) in [6.45, 7) is 4.62. The van der Waals surface area contributed by atoms with Gasteiger partial charge in [-0.2, -0.15) is 13.2 Å². The van der Waals surface area contributed by atoms with E-state index in [0.29, 0.717) is 19.0 Å². The lowest BCUT2D eigenvalue weighted by molar-refractivity contribution is -0.148. The summed E-state index contributed by atoms with van der Waals surface area (Å²) < 4.78 is 42.7. The highest BCUT2D eigenvalue weighted by molar-refractivity contribution is 14.0. The summed E-state index contributed by atoms with van der Waals surface area (Å²) in [6, 6.07) is 3.82. The van der Waals surface area contributed by atoms with Crippen molar-refractivity contribution in [2.24, 2.45) is 10.9 Å². The second-order valence-corrected chi connectivity index (χ2v) is 7.04. The van der Waals surface area contributed by atoms with Crippen LogP contribution < -0.4 is 10.6 Å². The lowest BCUT2D eigenvalue weighted by Crippen LogP contribution is -2.42. The molecule has 0 saturated carbocycles. The molecule has 2 heterocycles. The van der Waals surface area contributed by atoms with Crippen LogP contribution in [0.2, 0.25) is 0 Å². The molecule has 0 aliphatic carbocycles. The van der Waals surface area contributed by atoms with E-state index in [0.717, 1.165) is 63.5 Å². The zero-order valence-electron chi connectivity index (χ0n) is 16.4. The third-order valence-electron chi connectivity index (χ3n) is 4.69. The van der Waals surface area contributed by atoms with E-state index in [1.54, 1.807) is 6.26 Å². The Morgan fingerprint density at radius 2 is 1.96 bits per heavy atom. The molecule has 1 aromatic rings. The summed E-state index contributed by atoms with van der Waals surface area (Å²) in [4.78, 5) is 6.03. The molecule has 0 amide bonds. The van der Waals surface area contributed by atoms with Gasteiger partial charge in [-0.1, -0.05) is 6.92 Å². The first-order valence-electron chi connectivity index (χ1n) is 9.80. The Morgan fingerprint density at radius 3 is 2.57 bits per heavy atom. The second kappa shape index (κ2) is 13.3. The monoisotopic (exact) mass is 516 g/mol. The maximum Gasteiger partial charge on any atom is 0.401 e. The van der Waals surface area contributed by atoms with Crippen molar-refractivity contribution in [2.45, 2.75) is 45.2 Å². The number of aliphatic imine (C=N–C) groups is 1. The number of piperidine rings is 1. The molecule has 1 aliphatic heterocycles. The van der Waals surface area contributed by atoms with Crippen LogP contribution in [0, 0.1) is 5.92 Å². The molecule has 0 aromatic carbocycles. The molecule has 0 radical (unpaired) electrons. The quantitative estimate of drug-likeness (QED) is 0.296. The van der Waals surface area contributed by atoms with Gasteiger partial charge in [0.2, 0.25) is 0 Å². The van der Waals surface area contributed by atoms with Gasteiger partial charge in [-0.3, -0.25) is 9.89 Å². The molecule has 1 aromatic heterocycles. The first-order chi connectivity index (χ1) is 13.0. The largest absolute Gasteiger partial charge is 0.469 e. The summed E-state index contributed by atoms with van der Waals surface area (Å²) in [5.41, 5.74) is 0. The highest BCUT2D eigenvalue weighted by Gasteiger charge is 2.32. The number of nitrogens with one attached hydrogen (secondary N) is 2. The normalized spacial score (nSPS) is 16.6. The van der Waals surface area contributed by atoms with Crippen LogP contribution in [-0.4, -0.2) is 56.3 Å². The number of alkyl halides is 3. The van der Waals surface area contributed by atoms with E-state index >= 15 is 0 Å². The van der Waals surface area contributed by atoms with Crippen LogP contribution in [0.1, 0.15) is 38.4 Å². The van der Waals surface area contributed by atoms with E-state index in [2.05, 4.69) is 22.5 Å². The Hall–Kier alpha value is -0.970. The lowest BCUT2D eigenvalue weighted by atomic mass is 9.93. The molecule has 162 valence electrons.